The molecule has 4 aromatic rings. The van der Waals surface area contributed by atoms with E-state index >= 15 is 0 Å². The van der Waals surface area contributed by atoms with Crippen molar-refractivity contribution in [3.05, 3.63) is 72.2 Å². The van der Waals surface area contributed by atoms with Gasteiger partial charge in [-0.1, -0.05) is 36.3 Å². The summed E-state index contributed by atoms with van der Waals surface area (Å²) in [6.07, 6.45) is 1.51. The van der Waals surface area contributed by atoms with E-state index in [1.54, 1.807) is 14.2 Å². The summed E-state index contributed by atoms with van der Waals surface area (Å²) in [4.78, 5) is 8.64. The largest absolute Gasteiger partial charge is 0.493 e. The first-order chi connectivity index (χ1) is 12.8. The van der Waals surface area contributed by atoms with Gasteiger partial charge in [0, 0.05) is 17.0 Å². The average Bonchev–Trinajstić information content (AvgIpc) is 2.70. The van der Waals surface area contributed by atoms with Crippen molar-refractivity contribution in [1.82, 2.24) is 9.97 Å². The highest BCUT2D eigenvalue weighted by atomic mass is 16.5. The van der Waals surface area contributed by atoms with Crippen LogP contribution < -0.4 is 9.47 Å². The van der Waals surface area contributed by atoms with E-state index in [1.165, 1.54) is 17.1 Å². The van der Waals surface area contributed by atoms with Gasteiger partial charge in [-0.25, -0.2) is 9.97 Å². The highest BCUT2D eigenvalue weighted by molar-refractivity contribution is 5.87. The first-order valence-corrected chi connectivity index (χ1v) is 8.16. The van der Waals surface area contributed by atoms with E-state index in [2.05, 4.69) is 46.1 Å². The third-order valence-electron chi connectivity index (χ3n) is 4.22. The summed E-state index contributed by atoms with van der Waals surface area (Å²) < 4.78 is 10.7. The molecule has 0 bridgehead atoms. The normalized spacial score (nSPS) is 10.4. The summed E-state index contributed by atoms with van der Waals surface area (Å²) in [5.41, 5.74) is 2.36. The Morgan fingerprint density at radius 3 is 2.35 bits per heavy atom. The molecule has 0 unspecified atom stereocenters. The zero-order chi connectivity index (χ0) is 17.9. The zero-order valence-electron chi connectivity index (χ0n) is 14.5. The Bertz CT molecular complexity index is 1170. The molecule has 0 saturated carbocycles. The Kier molecular flexibility index (Phi) is 4.12. The van der Waals surface area contributed by atoms with Crippen LogP contribution in [-0.4, -0.2) is 24.2 Å². The third-order valence-corrected chi connectivity index (χ3v) is 4.22. The molecule has 4 heteroatoms. The van der Waals surface area contributed by atoms with Gasteiger partial charge in [0.2, 0.25) is 0 Å². The van der Waals surface area contributed by atoms with Crippen molar-refractivity contribution in [2.24, 2.45) is 0 Å². The third kappa shape index (κ3) is 2.91. The van der Waals surface area contributed by atoms with Gasteiger partial charge in [-0.3, -0.25) is 0 Å². The van der Waals surface area contributed by atoms with Crippen molar-refractivity contribution >= 4 is 21.7 Å². The maximum absolute atomic E-state index is 5.38. The van der Waals surface area contributed by atoms with Crippen LogP contribution in [0.15, 0.2) is 60.9 Å². The van der Waals surface area contributed by atoms with Gasteiger partial charge in [0.05, 0.1) is 19.7 Å². The van der Waals surface area contributed by atoms with Crippen LogP contribution >= 0.6 is 0 Å². The number of aromatic nitrogens is 2. The molecule has 0 aliphatic heterocycles. The van der Waals surface area contributed by atoms with Crippen molar-refractivity contribution < 1.29 is 9.47 Å². The van der Waals surface area contributed by atoms with Crippen molar-refractivity contribution in [2.75, 3.05) is 14.2 Å². The minimum atomic E-state index is 0.628. The molecule has 1 aromatic heterocycles. The molecule has 4 rings (SSSR count). The summed E-state index contributed by atoms with van der Waals surface area (Å²) in [6, 6.07) is 18.1. The molecule has 26 heavy (non-hydrogen) atoms. The minimum Gasteiger partial charge on any atom is -0.493 e. The molecule has 0 N–H and O–H groups in total. The lowest BCUT2D eigenvalue weighted by Gasteiger charge is -2.09. The summed E-state index contributed by atoms with van der Waals surface area (Å²) in [5.74, 6) is 7.62. The molecule has 1 heterocycles. The van der Waals surface area contributed by atoms with Gasteiger partial charge >= 0.3 is 0 Å². The standard InChI is InChI=1S/C22H16N2O2/c1-25-21-12-18-19(23-14-24-20(18)13-22(21)26-2)10-8-15-7-9-16-5-3-4-6-17(16)11-15/h3-7,9,11-14H,1-2H3. The van der Waals surface area contributed by atoms with E-state index in [0.717, 1.165) is 16.5 Å². The summed E-state index contributed by atoms with van der Waals surface area (Å²) in [6.45, 7) is 0. The van der Waals surface area contributed by atoms with Crippen molar-refractivity contribution in [3.63, 3.8) is 0 Å². The second-order valence-corrected chi connectivity index (χ2v) is 5.76. The fourth-order valence-corrected chi connectivity index (χ4v) is 2.88. The number of rotatable bonds is 2. The maximum Gasteiger partial charge on any atom is 0.162 e. The molecule has 0 aliphatic carbocycles. The second-order valence-electron chi connectivity index (χ2n) is 5.76. The smallest absolute Gasteiger partial charge is 0.162 e. The molecule has 0 aliphatic rings. The van der Waals surface area contributed by atoms with E-state index in [-0.39, 0.29) is 0 Å². The lowest BCUT2D eigenvalue weighted by atomic mass is 10.1. The number of fused-ring (bicyclic) bond motifs is 2. The fourth-order valence-electron chi connectivity index (χ4n) is 2.88. The molecule has 0 spiro atoms. The molecule has 0 fully saturated rings. The fraction of sp³-hybridized carbons (Fsp3) is 0.0909. The number of nitrogens with zero attached hydrogens (tertiary/aromatic N) is 2. The Morgan fingerprint density at radius 1 is 0.769 bits per heavy atom. The van der Waals surface area contributed by atoms with Crippen LogP contribution in [-0.2, 0) is 0 Å². The van der Waals surface area contributed by atoms with Gasteiger partial charge in [0.1, 0.15) is 12.0 Å². The predicted octanol–water partition coefficient (Wildman–Crippen LogP) is 4.20. The lowest BCUT2D eigenvalue weighted by molar-refractivity contribution is 0.356. The first kappa shape index (κ1) is 15.9. The van der Waals surface area contributed by atoms with Gasteiger partial charge in [0.15, 0.2) is 11.5 Å². The number of hydrogen-bond donors (Lipinski definition) is 0. The van der Waals surface area contributed by atoms with Crippen LogP contribution in [0.3, 0.4) is 0 Å². The number of methoxy groups -OCH3 is 2. The molecule has 126 valence electrons. The lowest BCUT2D eigenvalue weighted by Crippen LogP contribution is -1.94. The quantitative estimate of drug-likeness (QED) is 0.513. The second kappa shape index (κ2) is 6.73. The van der Waals surface area contributed by atoms with Crippen molar-refractivity contribution in [2.45, 2.75) is 0 Å². The predicted molar refractivity (Wildman–Crippen MR) is 103 cm³/mol. The van der Waals surface area contributed by atoms with Gasteiger partial charge in [0.25, 0.3) is 0 Å². The van der Waals surface area contributed by atoms with Crippen molar-refractivity contribution in [3.8, 4) is 23.3 Å². The summed E-state index contributed by atoms with van der Waals surface area (Å²) >= 11 is 0. The highest BCUT2D eigenvalue weighted by Gasteiger charge is 2.09. The van der Waals surface area contributed by atoms with E-state index in [9.17, 15) is 0 Å². The Hall–Kier alpha value is -3.58. The molecule has 0 saturated heterocycles. The number of hydrogen-bond acceptors (Lipinski definition) is 4. The highest BCUT2D eigenvalue weighted by Crippen LogP contribution is 2.31. The maximum atomic E-state index is 5.38. The Balaban J connectivity index is 1.80. The van der Waals surface area contributed by atoms with Crippen LogP contribution in [0.5, 0.6) is 11.5 Å². The van der Waals surface area contributed by atoms with E-state index in [0.29, 0.717) is 17.2 Å². The van der Waals surface area contributed by atoms with E-state index in [4.69, 9.17) is 9.47 Å². The molecular formula is C22H16N2O2. The summed E-state index contributed by atoms with van der Waals surface area (Å²) in [5, 5.41) is 3.19. The van der Waals surface area contributed by atoms with Gasteiger partial charge < -0.3 is 9.47 Å². The van der Waals surface area contributed by atoms with Crippen LogP contribution in [0, 0.1) is 11.8 Å². The Morgan fingerprint density at radius 2 is 1.54 bits per heavy atom. The van der Waals surface area contributed by atoms with E-state index in [1.807, 2.05) is 30.3 Å². The average molecular weight is 340 g/mol. The minimum absolute atomic E-state index is 0.628. The zero-order valence-corrected chi connectivity index (χ0v) is 14.5. The van der Waals surface area contributed by atoms with Gasteiger partial charge in [-0.05, 0) is 34.9 Å². The molecule has 0 radical (unpaired) electrons. The van der Waals surface area contributed by atoms with Crippen LogP contribution in [0.25, 0.3) is 21.7 Å². The number of ether oxygens (including phenoxy) is 2. The van der Waals surface area contributed by atoms with Crippen LogP contribution in [0.1, 0.15) is 11.3 Å². The topological polar surface area (TPSA) is 44.2 Å². The van der Waals surface area contributed by atoms with Crippen molar-refractivity contribution in [1.29, 1.82) is 0 Å². The van der Waals surface area contributed by atoms with Gasteiger partial charge in [-0.2, -0.15) is 0 Å². The monoisotopic (exact) mass is 340 g/mol. The molecule has 0 atom stereocenters. The van der Waals surface area contributed by atoms with Gasteiger partial charge in [-0.15, -0.1) is 0 Å². The molecule has 0 amide bonds. The Labute approximate surface area is 151 Å². The van der Waals surface area contributed by atoms with E-state index < -0.39 is 0 Å². The molecule has 3 aromatic carbocycles. The molecular weight excluding hydrogens is 324 g/mol. The molecule has 4 nitrogen and oxygen atoms in total. The first-order valence-electron chi connectivity index (χ1n) is 8.16. The SMILES string of the molecule is COc1cc2ncnc(C#Cc3ccc4ccccc4c3)c2cc1OC. The summed E-state index contributed by atoms with van der Waals surface area (Å²) in [7, 11) is 3.21. The number of benzene rings is 3. The van der Waals surface area contributed by atoms with Crippen LogP contribution in [0.4, 0.5) is 0 Å². The van der Waals surface area contributed by atoms with Crippen LogP contribution in [0.2, 0.25) is 0 Å².